The van der Waals surface area contributed by atoms with Gasteiger partial charge in [0.15, 0.2) is 0 Å². The van der Waals surface area contributed by atoms with Gasteiger partial charge < -0.3 is 19.5 Å². The highest BCUT2D eigenvalue weighted by Crippen LogP contribution is 2.24. The first kappa shape index (κ1) is 13.8. The molecule has 2 aliphatic heterocycles. The Kier molecular flexibility index (Phi) is 4.25. The number of hydrogen-bond acceptors (Lipinski definition) is 4. The van der Waals surface area contributed by atoms with Crippen LogP contribution in [0.3, 0.4) is 0 Å². The summed E-state index contributed by atoms with van der Waals surface area (Å²) >= 11 is 0. The molecule has 0 radical (unpaired) electrons. The first-order valence-electron chi connectivity index (χ1n) is 6.71. The molecule has 2 fully saturated rings. The highest BCUT2D eigenvalue weighted by atomic mass is 16.5. The van der Waals surface area contributed by atoms with Gasteiger partial charge in [-0.1, -0.05) is 0 Å². The summed E-state index contributed by atoms with van der Waals surface area (Å²) in [4.78, 5) is 13.8. The smallest absolute Gasteiger partial charge is 0.251 e. The Labute approximate surface area is 108 Å². The van der Waals surface area contributed by atoms with Crippen molar-refractivity contribution in [1.82, 2.24) is 4.90 Å². The predicted molar refractivity (Wildman–Crippen MR) is 66.2 cm³/mol. The Hall–Kier alpha value is -0.650. The molecule has 0 aromatic carbocycles. The summed E-state index contributed by atoms with van der Waals surface area (Å²) < 4.78 is 10.8. The quantitative estimate of drug-likeness (QED) is 0.802. The number of carbonyl (C=O) groups is 1. The molecule has 5 heteroatoms. The van der Waals surface area contributed by atoms with Crippen molar-refractivity contribution < 1.29 is 19.4 Å². The molecule has 18 heavy (non-hydrogen) atoms. The van der Waals surface area contributed by atoms with Crippen LogP contribution in [0.4, 0.5) is 0 Å². The molecule has 2 aliphatic rings. The van der Waals surface area contributed by atoms with E-state index in [1.54, 1.807) is 11.9 Å². The maximum atomic E-state index is 12.2. The average molecular weight is 257 g/mol. The second-order valence-corrected chi connectivity index (χ2v) is 5.54. The van der Waals surface area contributed by atoms with Crippen molar-refractivity contribution >= 4 is 5.91 Å². The molecule has 1 amide bonds. The van der Waals surface area contributed by atoms with Gasteiger partial charge in [-0.3, -0.25) is 4.79 Å². The Bertz CT molecular complexity index is 301. The van der Waals surface area contributed by atoms with Crippen LogP contribution in [-0.2, 0) is 14.3 Å². The van der Waals surface area contributed by atoms with Crippen molar-refractivity contribution in [3.8, 4) is 0 Å². The molecule has 2 rings (SSSR count). The molecule has 0 aliphatic carbocycles. The monoisotopic (exact) mass is 257 g/mol. The van der Waals surface area contributed by atoms with Gasteiger partial charge in [0.25, 0.3) is 5.91 Å². The standard InChI is InChI=1S/C13H23NO4/c1-10-3-4-11(18-10)12(15)14(2)9-13(16)5-7-17-8-6-13/h10-11,16H,3-9H2,1-2H3. The molecule has 0 aromatic heterocycles. The molecule has 2 heterocycles. The third-order valence-electron chi connectivity index (χ3n) is 3.84. The van der Waals surface area contributed by atoms with Gasteiger partial charge >= 0.3 is 0 Å². The number of hydrogen-bond donors (Lipinski definition) is 1. The maximum absolute atomic E-state index is 12.2. The van der Waals surface area contributed by atoms with Crippen LogP contribution in [0.1, 0.15) is 32.6 Å². The Balaban J connectivity index is 1.86. The second-order valence-electron chi connectivity index (χ2n) is 5.54. The average Bonchev–Trinajstić information content (AvgIpc) is 2.75. The zero-order valence-electron chi connectivity index (χ0n) is 11.2. The minimum absolute atomic E-state index is 0.0146. The summed E-state index contributed by atoms with van der Waals surface area (Å²) in [5, 5.41) is 10.4. The summed E-state index contributed by atoms with van der Waals surface area (Å²) in [6.07, 6.45) is 2.74. The van der Waals surface area contributed by atoms with E-state index in [0.717, 1.165) is 12.8 Å². The van der Waals surface area contributed by atoms with Crippen molar-refractivity contribution in [2.24, 2.45) is 0 Å². The third-order valence-corrected chi connectivity index (χ3v) is 3.84. The van der Waals surface area contributed by atoms with Crippen LogP contribution in [0.25, 0.3) is 0 Å². The number of aliphatic hydroxyl groups is 1. The predicted octanol–water partition coefficient (Wildman–Crippen LogP) is 0.554. The van der Waals surface area contributed by atoms with Crippen LogP contribution in [-0.4, -0.2) is 60.5 Å². The van der Waals surface area contributed by atoms with Crippen molar-refractivity contribution in [2.45, 2.75) is 50.4 Å². The molecule has 2 unspecified atom stereocenters. The molecule has 104 valence electrons. The number of carbonyl (C=O) groups excluding carboxylic acids is 1. The van der Waals surface area contributed by atoms with Crippen LogP contribution in [0.15, 0.2) is 0 Å². The van der Waals surface area contributed by atoms with Gasteiger partial charge in [0.2, 0.25) is 0 Å². The zero-order valence-corrected chi connectivity index (χ0v) is 11.2. The molecule has 0 spiro atoms. The van der Waals surface area contributed by atoms with E-state index >= 15 is 0 Å². The molecule has 1 N–H and O–H groups in total. The Morgan fingerprint density at radius 3 is 2.61 bits per heavy atom. The summed E-state index contributed by atoms with van der Waals surface area (Å²) in [5.41, 5.74) is -0.799. The number of ether oxygens (including phenoxy) is 2. The lowest BCUT2D eigenvalue weighted by Gasteiger charge is -2.36. The number of rotatable bonds is 3. The van der Waals surface area contributed by atoms with Gasteiger partial charge in [-0.25, -0.2) is 0 Å². The van der Waals surface area contributed by atoms with Gasteiger partial charge in [0, 0.05) is 39.6 Å². The van der Waals surface area contributed by atoms with E-state index < -0.39 is 5.60 Å². The maximum Gasteiger partial charge on any atom is 0.251 e. The van der Waals surface area contributed by atoms with Crippen LogP contribution in [0, 0.1) is 0 Å². The van der Waals surface area contributed by atoms with Gasteiger partial charge in [-0.05, 0) is 19.8 Å². The van der Waals surface area contributed by atoms with E-state index in [9.17, 15) is 9.90 Å². The van der Waals surface area contributed by atoms with Crippen molar-refractivity contribution in [3.63, 3.8) is 0 Å². The van der Waals surface area contributed by atoms with Crippen molar-refractivity contribution in [1.29, 1.82) is 0 Å². The minimum atomic E-state index is -0.799. The SMILES string of the molecule is CC1CCC(C(=O)N(C)CC2(O)CCOCC2)O1. The fourth-order valence-electron chi connectivity index (χ4n) is 2.66. The normalized spacial score (nSPS) is 31.3. The van der Waals surface area contributed by atoms with E-state index in [-0.39, 0.29) is 18.1 Å². The van der Waals surface area contributed by atoms with Gasteiger partial charge in [-0.15, -0.1) is 0 Å². The lowest BCUT2D eigenvalue weighted by Crippen LogP contribution is -2.49. The van der Waals surface area contributed by atoms with Gasteiger partial charge in [-0.2, -0.15) is 0 Å². The zero-order chi connectivity index (χ0) is 13.2. The highest BCUT2D eigenvalue weighted by Gasteiger charge is 2.36. The summed E-state index contributed by atoms with van der Waals surface area (Å²) in [7, 11) is 1.74. The van der Waals surface area contributed by atoms with Crippen molar-refractivity contribution in [2.75, 3.05) is 26.8 Å². The van der Waals surface area contributed by atoms with Crippen LogP contribution < -0.4 is 0 Å². The second kappa shape index (κ2) is 5.55. The summed E-state index contributed by atoms with van der Waals surface area (Å²) in [5.74, 6) is -0.0146. The fraction of sp³-hybridized carbons (Fsp3) is 0.923. The Morgan fingerprint density at radius 2 is 2.06 bits per heavy atom. The fourth-order valence-corrected chi connectivity index (χ4v) is 2.66. The van der Waals surface area contributed by atoms with E-state index in [4.69, 9.17) is 9.47 Å². The summed E-state index contributed by atoms with van der Waals surface area (Å²) in [6.45, 7) is 3.48. The number of amides is 1. The van der Waals surface area contributed by atoms with Crippen molar-refractivity contribution in [3.05, 3.63) is 0 Å². The van der Waals surface area contributed by atoms with E-state index in [1.807, 2.05) is 6.92 Å². The lowest BCUT2D eigenvalue weighted by molar-refractivity contribution is -0.147. The van der Waals surface area contributed by atoms with Gasteiger partial charge in [0.1, 0.15) is 6.10 Å². The highest BCUT2D eigenvalue weighted by molar-refractivity contribution is 5.81. The topological polar surface area (TPSA) is 59.0 Å². The van der Waals surface area contributed by atoms with E-state index in [1.165, 1.54) is 0 Å². The molecule has 2 saturated heterocycles. The Morgan fingerprint density at radius 1 is 1.39 bits per heavy atom. The molecular formula is C13H23NO4. The molecule has 0 aromatic rings. The molecule has 0 saturated carbocycles. The first-order valence-corrected chi connectivity index (χ1v) is 6.71. The van der Waals surface area contributed by atoms with Crippen LogP contribution >= 0.6 is 0 Å². The molecule has 0 bridgehead atoms. The first-order chi connectivity index (χ1) is 8.50. The molecular weight excluding hydrogens is 234 g/mol. The lowest BCUT2D eigenvalue weighted by atomic mass is 9.94. The van der Waals surface area contributed by atoms with E-state index in [2.05, 4.69) is 0 Å². The van der Waals surface area contributed by atoms with Crippen LogP contribution in [0.2, 0.25) is 0 Å². The van der Waals surface area contributed by atoms with Crippen LogP contribution in [0.5, 0.6) is 0 Å². The van der Waals surface area contributed by atoms with Gasteiger partial charge in [0.05, 0.1) is 11.7 Å². The number of likely N-dealkylation sites (N-methyl/N-ethyl adjacent to an activating group) is 1. The number of nitrogens with zero attached hydrogens (tertiary/aromatic N) is 1. The third kappa shape index (κ3) is 3.22. The molecule has 2 atom stereocenters. The largest absolute Gasteiger partial charge is 0.388 e. The van der Waals surface area contributed by atoms with E-state index in [0.29, 0.717) is 32.6 Å². The molecule has 5 nitrogen and oxygen atoms in total. The summed E-state index contributed by atoms with van der Waals surface area (Å²) in [6, 6.07) is 0. The minimum Gasteiger partial charge on any atom is -0.388 e.